The summed E-state index contributed by atoms with van der Waals surface area (Å²) in [5.74, 6) is -0.201. The fourth-order valence-electron chi connectivity index (χ4n) is 2.48. The van der Waals surface area contributed by atoms with E-state index in [0.29, 0.717) is 12.4 Å². The van der Waals surface area contributed by atoms with Crippen molar-refractivity contribution in [3.8, 4) is 0 Å². The molecule has 0 aliphatic carbocycles. The third-order valence-corrected chi connectivity index (χ3v) is 3.73. The Labute approximate surface area is 142 Å². The van der Waals surface area contributed by atoms with Gasteiger partial charge in [-0.3, -0.25) is 20.0 Å². The molecule has 0 radical (unpaired) electrons. The summed E-state index contributed by atoms with van der Waals surface area (Å²) in [5.41, 5.74) is 0.799. The van der Waals surface area contributed by atoms with Crippen molar-refractivity contribution in [3.05, 3.63) is 69.7 Å². The van der Waals surface area contributed by atoms with Crippen LogP contribution in [0.2, 0.25) is 0 Å². The van der Waals surface area contributed by atoms with Crippen molar-refractivity contribution >= 4 is 17.4 Å². The van der Waals surface area contributed by atoms with Gasteiger partial charge in [-0.1, -0.05) is 30.3 Å². The van der Waals surface area contributed by atoms with Crippen LogP contribution >= 0.6 is 0 Å². The normalized spacial score (nSPS) is 10.6. The molecule has 0 bridgehead atoms. The number of hydrogen-bond donors (Lipinski definition) is 2. The molecule has 2 N–H and O–H groups in total. The summed E-state index contributed by atoms with van der Waals surface area (Å²) in [7, 11) is 0. The molecule has 3 rings (SSSR count). The van der Waals surface area contributed by atoms with Crippen LogP contribution in [0.25, 0.3) is 0 Å². The number of nitro groups is 1. The third kappa shape index (κ3) is 3.55. The molecule has 128 valence electrons. The highest BCUT2D eigenvalue weighted by Crippen LogP contribution is 2.21. The van der Waals surface area contributed by atoms with Crippen LogP contribution in [0.3, 0.4) is 0 Å². The molecule has 0 aliphatic heterocycles. The van der Waals surface area contributed by atoms with Crippen LogP contribution in [0.1, 0.15) is 21.7 Å². The first-order valence-corrected chi connectivity index (χ1v) is 7.62. The zero-order chi connectivity index (χ0) is 17.8. The van der Waals surface area contributed by atoms with Gasteiger partial charge in [0.1, 0.15) is 11.5 Å². The van der Waals surface area contributed by atoms with Crippen molar-refractivity contribution in [2.45, 2.75) is 19.9 Å². The van der Waals surface area contributed by atoms with Gasteiger partial charge in [-0.05, 0) is 18.9 Å². The molecule has 2 aromatic heterocycles. The quantitative estimate of drug-likeness (QED) is 0.527. The second kappa shape index (κ2) is 6.95. The number of carbonyl (C=O) groups is 1. The van der Waals surface area contributed by atoms with E-state index in [2.05, 4.69) is 20.6 Å². The van der Waals surface area contributed by atoms with Crippen LogP contribution in [0.15, 0.2) is 42.6 Å². The number of nitrogens with zero attached hydrogens (tertiary/aromatic N) is 4. The summed E-state index contributed by atoms with van der Waals surface area (Å²) in [5, 5.41) is 24.1. The van der Waals surface area contributed by atoms with Gasteiger partial charge in [-0.25, -0.2) is 4.68 Å². The lowest BCUT2D eigenvalue weighted by atomic mass is 10.1. The first-order valence-electron chi connectivity index (χ1n) is 7.62. The molecule has 3 aromatic rings. The highest BCUT2D eigenvalue weighted by Gasteiger charge is 2.27. The Hall–Kier alpha value is -3.49. The summed E-state index contributed by atoms with van der Waals surface area (Å²) in [6, 6.07) is 11.5. The third-order valence-electron chi connectivity index (χ3n) is 3.73. The van der Waals surface area contributed by atoms with E-state index in [0.717, 1.165) is 12.0 Å². The average Bonchev–Trinajstić information content (AvgIpc) is 3.20. The van der Waals surface area contributed by atoms with Gasteiger partial charge in [0.15, 0.2) is 0 Å². The molecular weight excluding hydrogens is 324 g/mol. The predicted octanol–water partition coefficient (Wildman–Crippen LogP) is 2.32. The van der Waals surface area contributed by atoms with Gasteiger partial charge in [-0.2, -0.15) is 10.2 Å². The van der Waals surface area contributed by atoms with Gasteiger partial charge in [0.2, 0.25) is 5.69 Å². The zero-order valence-electron chi connectivity index (χ0n) is 13.5. The number of H-pyrrole nitrogens is 1. The van der Waals surface area contributed by atoms with Gasteiger partial charge >= 0.3 is 5.69 Å². The Balaban J connectivity index is 1.73. The molecule has 0 spiro atoms. The van der Waals surface area contributed by atoms with Crippen LogP contribution in [0, 0.1) is 17.0 Å². The SMILES string of the molecule is Cc1[nH]nc(C(=O)Nc2ccnn2CCc2ccccc2)c1[N+](=O)[O-]. The molecule has 25 heavy (non-hydrogen) atoms. The highest BCUT2D eigenvalue weighted by atomic mass is 16.6. The molecule has 1 aromatic carbocycles. The number of aromatic amines is 1. The van der Waals surface area contributed by atoms with Crippen LogP contribution in [-0.4, -0.2) is 30.8 Å². The summed E-state index contributed by atoms with van der Waals surface area (Å²) in [6.07, 6.45) is 2.30. The maximum absolute atomic E-state index is 12.3. The fraction of sp³-hybridized carbons (Fsp3) is 0.188. The maximum atomic E-state index is 12.3. The van der Waals surface area contributed by atoms with Crippen LogP contribution in [0.4, 0.5) is 11.5 Å². The predicted molar refractivity (Wildman–Crippen MR) is 90.3 cm³/mol. The van der Waals surface area contributed by atoms with Gasteiger partial charge in [0.05, 0.1) is 11.1 Å². The lowest BCUT2D eigenvalue weighted by molar-refractivity contribution is -0.385. The van der Waals surface area contributed by atoms with Crippen LogP contribution in [-0.2, 0) is 13.0 Å². The molecule has 9 heteroatoms. The van der Waals surface area contributed by atoms with Crippen molar-refractivity contribution in [2.24, 2.45) is 0 Å². The number of carbonyl (C=O) groups excluding carboxylic acids is 1. The first-order chi connectivity index (χ1) is 12.1. The number of aryl methyl sites for hydroxylation is 3. The van der Waals surface area contributed by atoms with Gasteiger partial charge in [-0.15, -0.1) is 0 Å². The largest absolute Gasteiger partial charge is 0.322 e. The Morgan fingerprint density at radius 3 is 2.80 bits per heavy atom. The summed E-state index contributed by atoms with van der Waals surface area (Å²) < 4.78 is 1.64. The summed E-state index contributed by atoms with van der Waals surface area (Å²) in [6.45, 7) is 2.06. The Morgan fingerprint density at radius 1 is 1.32 bits per heavy atom. The van der Waals surface area contributed by atoms with Crippen molar-refractivity contribution < 1.29 is 9.72 Å². The van der Waals surface area contributed by atoms with E-state index < -0.39 is 10.8 Å². The smallest absolute Gasteiger partial charge is 0.305 e. The van der Waals surface area contributed by atoms with E-state index >= 15 is 0 Å². The van der Waals surface area contributed by atoms with Gasteiger partial charge in [0, 0.05) is 12.6 Å². The van der Waals surface area contributed by atoms with Crippen LogP contribution < -0.4 is 5.32 Å². The van der Waals surface area contributed by atoms with Gasteiger partial charge < -0.3 is 5.32 Å². The molecular formula is C16H16N6O3. The number of nitrogens with one attached hydrogen (secondary N) is 2. The molecule has 2 heterocycles. The number of rotatable bonds is 6. The number of anilines is 1. The lowest BCUT2D eigenvalue weighted by Crippen LogP contribution is -2.18. The summed E-state index contributed by atoms with van der Waals surface area (Å²) in [4.78, 5) is 22.8. The Morgan fingerprint density at radius 2 is 2.08 bits per heavy atom. The number of aromatic nitrogens is 4. The molecule has 0 atom stereocenters. The Bertz CT molecular complexity index is 900. The monoisotopic (exact) mass is 340 g/mol. The lowest BCUT2D eigenvalue weighted by Gasteiger charge is -2.08. The topological polar surface area (TPSA) is 119 Å². The minimum Gasteiger partial charge on any atom is -0.305 e. The second-order valence-corrected chi connectivity index (χ2v) is 5.43. The van der Waals surface area contributed by atoms with E-state index in [1.165, 1.54) is 6.92 Å². The molecule has 0 aliphatic rings. The standard InChI is InChI=1S/C16H16N6O3/c1-11-15(22(24)25)14(20-19-11)16(23)18-13-7-9-17-21(13)10-8-12-5-3-2-4-6-12/h2-7,9H,8,10H2,1H3,(H,18,23)(H,19,20). The first kappa shape index (κ1) is 16.4. The molecule has 0 saturated carbocycles. The Kier molecular flexibility index (Phi) is 4.55. The molecule has 1 amide bonds. The molecule has 0 unspecified atom stereocenters. The van der Waals surface area contributed by atoms with E-state index in [9.17, 15) is 14.9 Å². The molecule has 0 saturated heterocycles. The second-order valence-electron chi connectivity index (χ2n) is 5.43. The summed E-state index contributed by atoms with van der Waals surface area (Å²) >= 11 is 0. The van der Waals surface area contributed by atoms with Crippen LogP contribution in [0.5, 0.6) is 0 Å². The highest BCUT2D eigenvalue weighted by molar-refractivity contribution is 6.05. The van der Waals surface area contributed by atoms with Crippen molar-refractivity contribution in [3.63, 3.8) is 0 Å². The fourth-order valence-corrected chi connectivity index (χ4v) is 2.48. The van der Waals surface area contributed by atoms with E-state index in [4.69, 9.17) is 0 Å². The minimum atomic E-state index is -0.655. The molecule has 0 fully saturated rings. The van der Waals surface area contributed by atoms with E-state index in [1.54, 1.807) is 16.9 Å². The average molecular weight is 340 g/mol. The molecule has 9 nitrogen and oxygen atoms in total. The zero-order valence-corrected chi connectivity index (χ0v) is 13.5. The van der Waals surface area contributed by atoms with Crippen molar-refractivity contribution in [1.29, 1.82) is 0 Å². The van der Waals surface area contributed by atoms with Gasteiger partial charge in [0.25, 0.3) is 5.91 Å². The van der Waals surface area contributed by atoms with Crippen molar-refractivity contribution in [1.82, 2.24) is 20.0 Å². The van der Waals surface area contributed by atoms with E-state index in [-0.39, 0.29) is 17.1 Å². The number of hydrogen-bond acceptors (Lipinski definition) is 5. The van der Waals surface area contributed by atoms with Crippen molar-refractivity contribution in [2.75, 3.05) is 5.32 Å². The number of amides is 1. The maximum Gasteiger partial charge on any atom is 0.322 e. The number of benzene rings is 1. The van der Waals surface area contributed by atoms with E-state index in [1.807, 2.05) is 30.3 Å². The minimum absolute atomic E-state index is 0.229.